The zero-order chi connectivity index (χ0) is 15.1. The molecule has 4 nitrogen and oxygen atoms in total. The number of nitrogens with zero attached hydrogens (tertiary/aromatic N) is 2. The number of hydrogen-bond donors (Lipinski definition) is 1. The molecule has 0 bridgehead atoms. The Hall–Kier alpha value is -2.14. The van der Waals surface area contributed by atoms with Gasteiger partial charge in [-0.2, -0.15) is 0 Å². The van der Waals surface area contributed by atoms with E-state index >= 15 is 0 Å². The number of carboxylic acids is 1. The van der Waals surface area contributed by atoms with Gasteiger partial charge in [0.05, 0.1) is 22.3 Å². The molecule has 0 atom stereocenters. The Morgan fingerprint density at radius 1 is 1.19 bits per heavy atom. The third-order valence-corrected chi connectivity index (χ3v) is 3.95. The van der Waals surface area contributed by atoms with Crippen LogP contribution >= 0.6 is 15.9 Å². The molecular weight excluding hydrogens is 332 g/mol. The van der Waals surface area contributed by atoms with Gasteiger partial charge in [0.15, 0.2) is 0 Å². The summed E-state index contributed by atoms with van der Waals surface area (Å²) in [5.41, 5.74) is 5.15. The van der Waals surface area contributed by atoms with E-state index in [1.54, 1.807) is 24.5 Å². The molecule has 3 aromatic rings. The van der Waals surface area contributed by atoms with Crippen molar-refractivity contribution in [2.75, 3.05) is 0 Å². The van der Waals surface area contributed by atoms with Crippen LogP contribution in [0.5, 0.6) is 0 Å². The predicted octanol–water partition coefficient (Wildman–Crippen LogP) is 4.10. The second kappa shape index (κ2) is 5.00. The van der Waals surface area contributed by atoms with Gasteiger partial charge in [0, 0.05) is 4.47 Å². The van der Waals surface area contributed by atoms with Crippen molar-refractivity contribution in [1.82, 2.24) is 9.55 Å². The van der Waals surface area contributed by atoms with Crippen molar-refractivity contribution in [3.8, 4) is 5.69 Å². The van der Waals surface area contributed by atoms with Gasteiger partial charge in [-0.25, -0.2) is 9.78 Å². The maximum atomic E-state index is 11.0. The largest absolute Gasteiger partial charge is 0.478 e. The summed E-state index contributed by atoms with van der Waals surface area (Å²) in [5.74, 6) is -0.942. The van der Waals surface area contributed by atoms with Crippen LogP contribution in [0.2, 0.25) is 0 Å². The van der Waals surface area contributed by atoms with Crippen molar-refractivity contribution < 1.29 is 9.90 Å². The lowest BCUT2D eigenvalue weighted by Crippen LogP contribution is -2.00. The third kappa shape index (κ3) is 2.34. The minimum absolute atomic E-state index is 0.247. The summed E-state index contributed by atoms with van der Waals surface area (Å²) in [6.45, 7) is 4.09. The molecule has 2 aromatic carbocycles. The predicted molar refractivity (Wildman–Crippen MR) is 85.2 cm³/mol. The first-order valence-electron chi connectivity index (χ1n) is 6.45. The van der Waals surface area contributed by atoms with Gasteiger partial charge in [-0.1, -0.05) is 15.9 Å². The molecule has 0 aliphatic heterocycles. The minimum Gasteiger partial charge on any atom is -0.478 e. The van der Waals surface area contributed by atoms with E-state index in [-0.39, 0.29) is 5.56 Å². The molecule has 1 N–H and O–H groups in total. The molecule has 106 valence electrons. The molecule has 0 saturated heterocycles. The van der Waals surface area contributed by atoms with Gasteiger partial charge in [0.1, 0.15) is 6.33 Å². The molecule has 0 saturated carbocycles. The second-order valence-corrected chi connectivity index (χ2v) is 5.93. The molecule has 0 radical (unpaired) electrons. The molecule has 0 fully saturated rings. The topological polar surface area (TPSA) is 55.1 Å². The van der Waals surface area contributed by atoms with Crippen LogP contribution in [0.25, 0.3) is 16.7 Å². The van der Waals surface area contributed by atoms with Crippen molar-refractivity contribution in [3.63, 3.8) is 0 Å². The van der Waals surface area contributed by atoms with E-state index in [1.165, 1.54) is 0 Å². The maximum Gasteiger partial charge on any atom is 0.335 e. The van der Waals surface area contributed by atoms with Gasteiger partial charge in [-0.15, -0.1) is 0 Å². The second-order valence-electron chi connectivity index (χ2n) is 5.01. The standard InChI is InChI=1S/C16H13BrN2O2/c1-9-5-12(17)6-10(2)15(9)19-8-18-13-7-11(16(20)21)3-4-14(13)19/h3-8H,1-2H3,(H,20,21). The van der Waals surface area contributed by atoms with E-state index < -0.39 is 5.97 Å². The first kappa shape index (κ1) is 13.8. The lowest BCUT2D eigenvalue weighted by Gasteiger charge is -2.12. The first-order valence-corrected chi connectivity index (χ1v) is 7.24. The van der Waals surface area contributed by atoms with Crippen LogP contribution in [0.15, 0.2) is 41.1 Å². The quantitative estimate of drug-likeness (QED) is 0.761. The number of rotatable bonds is 2. The number of benzene rings is 2. The summed E-state index contributed by atoms with van der Waals surface area (Å²) in [4.78, 5) is 15.4. The van der Waals surface area contributed by atoms with Crippen LogP contribution in [0.3, 0.4) is 0 Å². The fraction of sp³-hybridized carbons (Fsp3) is 0.125. The molecule has 0 amide bonds. The lowest BCUT2D eigenvalue weighted by molar-refractivity contribution is 0.0697. The average molecular weight is 345 g/mol. The number of imidazole rings is 1. The normalized spacial score (nSPS) is 11.0. The summed E-state index contributed by atoms with van der Waals surface area (Å²) in [6, 6.07) is 9.11. The summed E-state index contributed by atoms with van der Waals surface area (Å²) in [7, 11) is 0. The Bertz CT molecular complexity index is 845. The van der Waals surface area contributed by atoms with E-state index in [2.05, 4.69) is 33.0 Å². The SMILES string of the molecule is Cc1cc(Br)cc(C)c1-n1cnc2cc(C(=O)O)ccc21. The van der Waals surface area contributed by atoms with Gasteiger partial charge in [-0.05, 0) is 55.3 Å². The molecule has 0 aliphatic rings. The van der Waals surface area contributed by atoms with Crippen LogP contribution in [0.4, 0.5) is 0 Å². The number of carboxylic acid groups (broad SMARTS) is 1. The Kier molecular flexibility index (Phi) is 3.29. The van der Waals surface area contributed by atoms with Gasteiger partial charge >= 0.3 is 5.97 Å². The molecule has 1 heterocycles. The number of aryl methyl sites for hydroxylation is 2. The van der Waals surface area contributed by atoms with Crippen molar-refractivity contribution in [3.05, 3.63) is 57.8 Å². The third-order valence-electron chi connectivity index (χ3n) is 3.49. The summed E-state index contributed by atoms with van der Waals surface area (Å²) < 4.78 is 3.04. The molecule has 0 unspecified atom stereocenters. The van der Waals surface area contributed by atoms with E-state index in [0.717, 1.165) is 26.8 Å². The monoisotopic (exact) mass is 344 g/mol. The Balaban J connectivity index is 2.25. The van der Waals surface area contributed by atoms with E-state index in [0.29, 0.717) is 5.52 Å². The summed E-state index contributed by atoms with van der Waals surface area (Å²) >= 11 is 3.50. The molecule has 3 rings (SSSR count). The Labute approximate surface area is 130 Å². The smallest absolute Gasteiger partial charge is 0.335 e. The van der Waals surface area contributed by atoms with E-state index in [4.69, 9.17) is 5.11 Å². The molecule has 1 aromatic heterocycles. The summed E-state index contributed by atoms with van der Waals surface area (Å²) in [6.07, 6.45) is 1.74. The highest BCUT2D eigenvalue weighted by Crippen LogP contribution is 2.27. The zero-order valence-electron chi connectivity index (χ0n) is 11.6. The highest BCUT2D eigenvalue weighted by atomic mass is 79.9. The fourth-order valence-corrected chi connectivity index (χ4v) is 3.29. The first-order chi connectivity index (χ1) is 9.97. The van der Waals surface area contributed by atoms with Crippen molar-refractivity contribution >= 4 is 32.9 Å². The molecule has 21 heavy (non-hydrogen) atoms. The van der Waals surface area contributed by atoms with Crippen LogP contribution in [0, 0.1) is 13.8 Å². The average Bonchev–Trinajstić information content (AvgIpc) is 2.80. The van der Waals surface area contributed by atoms with Crippen molar-refractivity contribution in [2.45, 2.75) is 13.8 Å². The van der Waals surface area contributed by atoms with Gasteiger partial charge in [-0.3, -0.25) is 4.57 Å². The van der Waals surface area contributed by atoms with E-state index in [9.17, 15) is 4.79 Å². The summed E-state index contributed by atoms with van der Waals surface area (Å²) in [5, 5.41) is 9.05. The zero-order valence-corrected chi connectivity index (χ0v) is 13.2. The van der Waals surface area contributed by atoms with Crippen LogP contribution in [0.1, 0.15) is 21.5 Å². The highest BCUT2D eigenvalue weighted by molar-refractivity contribution is 9.10. The number of aromatic nitrogens is 2. The molecule has 0 aliphatic carbocycles. The maximum absolute atomic E-state index is 11.0. The van der Waals surface area contributed by atoms with Crippen LogP contribution in [-0.4, -0.2) is 20.6 Å². The molecule has 5 heteroatoms. The molecular formula is C16H13BrN2O2. The number of carbonyl (C=O) groups is 1. The van der Waals surface area contributed by atoms with Gasteiger partial charge in [0.2, 0.25) is 0 Å². The minimum atomic E-state index is -0.942. The number of halogens is 1. The number of fused-ring (bicyclic) bond motifs is 1. The lowest BCUT2D eigenvalue weighted by atomic mass is 10.1. The van der Waals surface area contributed by atoms with Crippen molar-refractivity contribution in [1.29, 1.82) is 0 Å². The van der Waals surface area contributed by atoms with Crippen molar-refractivity contribution in [2.24, 2.45) is 0 Å². The Morgan fingerprint density at radius 2 is 1.86 bits per heavy atom. The molecule has 0 spiro atoms. The van der Waals surface area contributed by atoms with Crippen LogP contribution in [-0.2, 0) is 0 Å². The number of hydrogen-bond acceptors (Lipinski definition) is 2. The van der Waals surface area contributed by atoms with Gasteiger partial charge in [0.25, 0.3) is 0 Å². The highest BCUT2D eigenvalue weighted by Gasteiger charge is 2.12. The van der Waals surface area contributed by atoms with Gasteiger partial charge < -0.3 is 5.11 Å². The Morgan fingerprint density at radius 3 is 2.48 bits per heavy atom. The van der Waals surface area contributed by atoms with Crippen LogP contribution < -0.4 is 0 Å². The van der Waals surface area contributed by atoms with E-state index in [1.807, 2.05) is 18.4 Å². The fourth-order valence-electron chi connectivity index (χ4n) is 2.61. The number of aromatic carboxylic acids is 1.